The number of piperazine rings is 1. The number of likely N-dealkylation sites (N-methyl/N-ethyl adjacent to an activating group) is 1. The third kappa shape index (κ3) is 2.57. The molecule has 140 valence electrons. The van der Waals surface area contributed by atoms with Crippen LogP contribution in [0.25, 0.3) is 0 Å². The highest BCUT2D eigenvalue weighted by Crippen LogP contribution is 2.61. The number of esters is 1. The highest BCUT2D eigenvalue weighted by Gasteiger charge is 2.67. The van der Waals surface area contributed by atoms with Gasteiger partial charge in [-0.3, -0.25) is 9.69 Å². The van der Waals surface area contributed by atoms with Gasteiger partial charge in [-0.25, -0.2) is 0 Å². The van der Waals surface area contributed by atoms with Crippen molar-refractivity contribution in [3.05, 3.63) is 0 Å². The fourth-order valence-corrected chi connectivity index (χ4v) is 6.39. The van der Waals surface area contributed by atoms with E-state index < -0.39 is 0 Å². The van der Waals surface area contributed by atoms with Gasteiger partial charge in [-0.1, -0.05) is 6.92 Å². The molecule has 5 rings (SSSR count). The molecule has 5 heteroatoms. The van der Waals surface area contributed by atoms with Crippen LogP contribution in [0.2, 0.25) is 0 Å². The van der Waals surface area contributed by atoms with Gasteiger partial charge in [-0.15, -0.1) is 0 Å². The molecular weight excluding hydrogens is 316 g/mol. The van der Waals surface area contributed by atoms with E-state index in [0.717, 1.165) is 39.1 Å². The number of rotatable bonds is 2. The van der Waals surface area contributed by atoms with Crippen molar-refractivity contribution in [2.75, 3.05) is 39.8 Å². The van der Waals surface area contributed by atoms with Crippen LogP contribution in [0.15, 0.2) is 0 Å². The minimum absolute atomic E-state index is 0.0645. The maximum absolute atomic E-state index is 12.8. The minimum Gasteiger partial charge on any atom is -0.461 e. The second-order valence-corrected chi connectivity index (χ2v) is 9.62. The summed E-state index contributed by atoms with van der Waals surface area (Å²) >= 11 is 0. The number of hydrogen-bond donors (Lipinski definition) is 0. The predicted octanol–water partition coefficient (Wildman–Crippen LogP) is 1.62. The number of epoxide rings is 1. The first-order valence-corrected chi connectivity index (χ1v) is 10.3. The van der Waals surface area contributed by atoms with Gasteiger partial charge in [-0.05, 0) is 45.1 Å². The topological polar surface area (TPSA) is 45.3 Å². The summed E-state index contributed by atoms with van der Waals surface area (Å²) in [6.07, 6.45) is 4.01. The maximum Gasteiger partial charge on any atom is 0.310 e. The SMILES string of the molecule is CC1CC2C(CN3CCN(C)CC3)C(=O)OC2C2C1CCC1(C)OC21. The molecule has 0 aromatic carbocycles. The van der Waals surface area contributed by atoms with Crippen LogP contribution < -0.4 is 0 Å². The van der Waals surface area contributed by atoms with Crippen LogP contribution >= 0.6 is 0 Å². The molecule has 0 N–H and O–H groups in total. The van der Waals surface area contributed by atoms with Crippen molar-refractivity contribution in [1.82, 2.24) is 9.80 Å². The fourth-order valence-electron chi connectivity index (χ4n) is 6.39. The van der Waals surface area contributed by atoms with Gasteiger partial charge in [0.15, 0.2) is 0 Å². The van der Waals surface area contributed by atoms with Gasteiger partial charge in [0, 0.05) is 44.6 Å². The van der Waals surface area contributed by atoms with Gasteiger partial charge in [0.2, 0.25) is 0 Å². The molecule has 25 heavy (non-hydrogen) atoms. The zero-order valence-electron chi connectivity index (χ0n) is 15.8. The normalized spacial score (nSPS) is 52.9. The Hall–Kier alpha value is -0.650. The van der Waals surface area contributed by atoms with E-state index in [4.69, 9.17) is 9.47 Å². The Bertz CT molecular complexity index is 561. The van der Waals surface area contributed by atoms with Crippen molar-refractivity contribution in [2.45, 2.75) is 50.9 Å². The summed E-state index contributed by atoms with van der Waals surface area (Å²) < 4.78 is 12.2. The summed E-state index contributed by atoms with van der Waals surface area (Å²) in [6, 6.07) is 0. The molecule has 8 unspecified atom stereocenters. The minimum atomic E-state index is 0.0645. The summed E-state index contributed by atoms with van der Waals surface area (Å²) in [6.45, 7) is 9.89. The molecule has 3 heterocycles. The van der Waals surface area contributed by atoms with Gasteiger partial charge < -0.3 is 14.4 Å². The fraction of sp³-hybridized carbons (Fsp3) is 0.950. The van der Waals surface area contributed by atoms with Crippen molar-refractivity contribution in [3.8, 4) is 0 Å². The molecule has 2 saturated carbocycles. The average Bonchev–Trinajstić information content (AvgIpc) is 3.19. The van der Waals surface area contributed by atoms with Crippen molar-refractivity contribution < 1.29 is 14.3 Å². The summed E-state index contributed by atoms with van der Waals surface area (Å²) in [7, 11) is 2.18. The standard InChI is InChI=1S/C20H32N2O3/c1-12-10-14-15(11-22-8-6-21(3)7-9-22)19(23)24-17(14)16-13(12)4-5-20(2)18(16)25-20/h12-18H,4-11H2,1-3H3. The molecular formula is C20H32N2O3. The number of ether oxygens (including phenoxy) is 2. The van der Waals surface area contributed by atoms with Gasteiger partial charge in [-0.2, -0.15) is 0 Å². The second kappa shape index (κ2) is 5.67. The molecule has 3 aliphatic heterocycles. The Labute approximate surface area is 151 Å². The highest BCUT2D eigenvalue weighted by atomic mass is 16.6. The van der Waals surface area contributed by atoms with Crippen LogP contribution in [-0.4, -0.2) is 73.3 Å². The van der Waals surface area contributed by atoms with Gasteiger partial charge in [0.05, 0.1) is 17.6 Å². The second-order valence-electron chi connectivity index (χ2n) is 9.62. The van der Waals surface area contributed by atoms with Gasteiger partial charge in [0.25, 0.3) is 0 Å². The van der Waals surface area contributed by atoms with Crippen molar-refractivity contribution in [1.29, 1.82) is 0 Å². The lowest BCUT2D eigenvalue weighted by atomic mass is 9.58. The molecule has 0 bridgehead atoms. The Balaban J connectivity index is 1.34. The zero-order chi connectivity index (χ0) is 17.3. The Morgan fingerprint density at radius 1 is 1.20 bits per heavy atom. The lowest BCUT2D eigenvalue weighted by Crippen LogP contribution is -2.51. The van der Waals surface area contributed by atoms with E-state index in [2.05, 4.69) is 30.7 Å². The van der Waals surface area contributed by atoms with Crippen LogP contribution in [0, 0.1) is 29.6 Å². The van der Waals surface area contributed by atoms with E-state index in [9.17, 15) is 4.79 Å². The quantitative estimate of drug-likeness (QED) is 0.560. The first-order valence-electron chi connectivity index (χ1n) is 10.3. The third-order valence-corrected chi connectivity index (χ3v) is 8.06. The smallest absolute Gasteiger partial charge is 0.310 e. The number of hydrogen-bond acceptors (Lipinski definition) is 5. The van der Waals surface area contributed by atoms with Gasteiger partial charge >= 0.3 is 5.97 Å². The molecule has 3 saturated heterocycles. The molecule has 0 aromatic heterocycles. The monoisotopic (exact) mass is 348 g/mol. The average molecular weight is 348 g/mol. The molecule has 5 fully saturated rings. The molecule has 5 nitrogen and oxygen atoms in total. The summed E-state index contributed by atoms with van der Waals surface area (Å²) in [4.78, 5) is 17.6. The molecule has 5 aliphatic rings. The van der Waals surface area contributed by atoms with Crippen LogP contribution in [0.1, 0.15) is 33.1 Å². The zero-order valence-corrected chi connectivity index (χ0v) is 15.8. The van der Waals surface area contributed by atoms with Gasteiger partial charge in [0.1, 0.15) is 6.10 Å². The van der Waals surface area contributed by atoms with E-state index in [0.29, 0.717) is 29.8 Å². The molecule has 8 atom stereocenters. The number of carbonyl (C=O) groups is 1. The Morgan fingerprint density at radius 3 is 2.72 bits per heavy atom. The summed E-state index contributed by atoms with van der Waals surface area (Å²) in [5.41, 5.74) is 0.0741. The Kier molecular flexibility index (Phi) is 3.75. The maximum atomic E-state index is 12.8. The molecule has 0 amide bonds. The number of carbonyl (C=O) groups excluding carboxylic acids is 1. The van der Waals surface area contributed by atoms with E-state index in [1.165, 1.54) is 12.8 Å². The predicted molar refractivity (Wildman–Crippen MR) is 94.1 cm³/mol. The van der Waals surface area contributed by atoms with E-state index in [1.54, 1.807) is 0 Å². The van der Waals surface area contributed by atoms with E-state index in [1.807, 2.05) is 0 Å². The largest absolute Gasteiger partial charge is 0.461 e. The first-order chi connectivity index (χ1) is 12.0. The van der Waals surface area contributed by atoms with Crippen LogP contribution in [-0.2, 0) is 14.3 Å². The molecule has 0 radical (unpaired) electrons. The summed E-state index contributed by atoms with van der Waals surface area (Å²) in [5, 5.41) is 0. The number of fused-ring (bicyclic) bond motifs is 5. The van der Waals surface area contributed by atoms with E-state index in [-0.39, 0.29) is 23.6 Å². The number of nitrogens with zero attached hydrogens (tertiary/aromatic N) is 2. The van der Waals surface area contributed by atoms with Crippen molar-refractivity contribution >= 4 is 5.97 Å². The first kappa shape index (κ1) is 16.5. The molecule has 2 aliphatic carbocycles. The van der Waals surface area contributed by atoms with Crippen molar-refractivity contribution in [2.24, 2.45) is 29.6 Å². The highest BCUT2D eigenvalue weighted by molar-refractivity contribution is 5.75. The summed E-state index contributed by atoms with van der Waals surface area (Å²) in [5.74, 6) is 2.34. The van der Waals surface area contributed by atoms with Crippen LogP contribution in [0.4, 0.5) is 0 Å². The Morgan fingerprint density at radius 2 is 1.96 bits per heavy atom. The lowest BCUT2D eigenvalue weighted by Gasteiger charge is -2.45. The lowest BCUT2D eigenvalue weighted by molar-refractivity contribution is -0.149. The molecule has 0 aromatic rings. The van der Waals surface area contributed by atoms with Crippen LogP contribution in [0.3, 0.4) is 0 Å². The van der Waals surface area contributed by atoms with Crippen LogP contribution in [0.5, 0.6) is 0 Å². The molecule has 0 spiro atoms. The third-order valence-electron chi connectivity index (χ3n) is 8.06. The van der Waals surface area contributed by atoms with Crippen molar-refractivity contribution in [3.63, 3.8) is 0 Å². The van der Waals surface area contributed by atoms with E-state index >= 15 is 0 Å².